The predicted octanol–water partition coefficient (Wildman–Crippen LogP) is 2.22. The van der Waals surface area contributed by atoms with Gasteiger partial charge in [-0.3, -0.25) is 4.79 Å². The van der Waals surface area contributed by atoms with E-state index >= 15 is 0 Å². The summed E-state index contributed by atoms with van der Waals surface area (Å²) in [5.41, 5.74) is 1.23. The van der Waals surface area contributed by atoms with Crippen LogP contribution in [0.2, 0.25) is 0 Å². The molecule has 0 aliphatic rings. The van der Waals surface area contributed by atoms with Crippen LogP contribution in [0, 0.1) is 0 Å². The van der Waals surface area contributed by atoms with Crippen LogP contribution in [0.4, 0.5) is 0 Å². The monoisotopic (exact) mass is 244 g/mol. The molecule has 94 valence electrons. The van der Waals surface area contributed by atoms with Crippen LogP contribution in [0.3, 0.4) is 0 Å². The first-order valence-corrected chi connectivity index (χ1v) is 6.05. The Morgan fingerprint density at radius 2 is 2.06 bits per heavy atom. The van der Waals surface area contributed by atoms with Gasteiger partial charge in [-0.1, -0.05) is 31.5 Å². The first-order valence-electron chi connectivity index (χ1n) is 6.05. The number of Topliss-reactive ketones (excluding diaryl/α,β-unsaturated/α-hetero) is 1. The fourth-order valence-electron chi connectivity index (χ4n) is 1.84. The summed E-state index contributed by atoms with van der Waals surface area (Å²) in [5, 5.41) is 13.9. The van der Waals surface area contributed by atoms with Crippen molar-refractivity contribution < 1.29 is 9.90 Å². The maximum Gasteiger partial charge on any atom is 0.209 e. The van der Waals surface area contributed by atoms with Crippen molar-refractivity contribution in [2.45, 2.75) is 25.9 Å². The molecule has 1 atom stereocenters. The molecule has 0 amide bonds. The summed E-state index contributed by atoms with van der Waals surface area (Å²) in [6, 6.07) is 11.0. The quantitative estimate of drug-likeness (QED) is 0.820. The minimum absolute atomic E-state index is 0.279. The van der Waals surface area contributed by atoms with E-state index in [1.165, 1.54) is 0 Å². The Balaban J connectivity index is 2.31. The number of aromatic nitrogens is 2. The Labute approximate surface area is 106 Å². The largest absolute Gasteiger partial charge is 0.385 e. The molecule has 1 aromatic heterocycles. The smallest absolute Gasteiger partial charge is 0.209 e. The van der Waals surface area contributed by atoms with Gasteiger partial charge in [0.25, 0.3) is 0 Å². The van der Waals surface area contributed by atoms with Gasteiger partial charge in [-0.15, -0.1) is 0 Å². The molecule has 0 aliphatic heterocycles. The van der Waals surface area contributed by atoms with E-state index < -0.39 is 6.10 Å². The molecule has 0 radical (unpaired) electrons. The molecule has 0 bridgehead atoms. The van der Waals surface area contributed by atoms with Gasteiger partial charge in [0.05, 0.1) is 11.9 Å². The predicted molar refractivity (Wildman–Crippen MR) is 68.8 cm³/mol. The van der Waals surface area contributed by atoms with Gasteiger partial charge in [0.2, 0.25) is 5.78 Å². The van der Waals surface area contributed by atoms with Crippen LogP contribution in [0.1, 0.15) is 30.3 Å². The summed E-state index contributed by atoms with van der Waals surface area (Å²) in [4.78, 5) is 12.1. The first-order chi connectivity index (χ1) is 8.74. The van der Waals surface area contributed by atoms with Crippen molar-refractivity contribution in [3.8, 4) is 5.69 Å². The van der Waals surface area contributed by atoms with Crippen LogP contribution in [0.5, 0.6) is 0 Å². The molecular weight excluding hydrogens is 228 g/mol. The van der Waals surface area contributed by atoms with Crippen molar-refractivity contribution in [3.63, 3.8) is 0 Å². The van der Waals surface area contributed by atoms with Gasteiger partial charge in [0.1, 0.15) is 11.8 Å². The molecule has 4 nitrogen and oxygen atoms in total. The minimum atomic E-state index is -0.950. The second-order valence-corrected chi connectivity index (χ2v) is 4.13. The normalized spacial score (nSPS) is 12.3. The molecule has 0 spiro atoms. The standard InChI is InChI=1S/C14H16N2O2/c1-2-6-13(17)14(18)12-9-10-15-16(12)11-7-4-3-5-8-11/h3-5,7-10,13,17H,2,6H2,1H3. The summed E-state index contributed by atoms with van der Waals surface area (Å²) in [6.07, 6.45) is 1.86. The molecule has 1 heterocycles. The van der Waals surface area contributed by atoms with E-state index in [0.717, 1.165) is 12.1 Å². The van der Waals surface area contributed by atoms with Gasteiger partial charge in [-0.25, -0.2) is 4.68 Å². The molecule has 0 saturated heterocycles. The number of carbonyl (C=O) groups excluding carboxylic acids is 1. The minimum Gasteiger partial charge on any atom is -0.385 e. The average molecular weight is 244 g/mol. The number of benzene rings is 1. The van der Waals surface area contributed by atoms with Crippen LogP contribution in [-0.4, -0.2) is 26.8 Å². The molecule has 2 aromatic rings. The van der Waals surface area contributed by atoms with Crippen molar-refractivity contribution in [1.29, 1.82) is 0 Å². The van der Waals surface area contributed by atoms with Crippen LogP contribution in [0.25, 0.3) is 5.69 Å². The summed E-state index contributed by atoms with van der Waals surface area (Å²) < 4.78 is 1.56. The molecule has 0 fully saturated rings. The highest BCUT2D eigenvalue weighted by Crippen LogP contribution is 2.13. The Hall–Kier alpha value is -1.94. The van der Waals surface area contributed by atoms with E-state index in [-0.39, 0.29) is 5.78 Å². The van der Waals surface area contributed by atoms with Crippen LogP contribution >= 0.6 is 0 Å². The van der Waals surface area contributed by atoms with Crippen molar-refractivity contribution in [1.82, 2.24) is 9.78 Å². The number of hydrogen-bond acceptors (Lipinski definition) is 3. The molecule has 1 unspecified atom stereocenters. The number of rotatable bonds is 5. The highest BCUT2D eigenvalue weighted by Gasteiger charge is 2.20. The zero-order valence-corrected chi connectivity index (χ0v) is 10.3. The number of aliphatic hydroxyl groups is 1. The number of aliphatic hydroxyl groups excluding tert-OH is 1. The lowest BCUT2D eigenvalue weighted by molar-refractivity contribution is 0.0721. The van der Waals surface area contributed by atoms with Crippen LogP contribution in [0.15, 0.2) is 42.6 Å². The number of para-hydroxylation sites is 1. The van der Waals surface area contributed by atoms with Gasteiger partial charge < -0.3 is 5.11 Å². The molecule has 2 rings (SSSR count). The van der Waals surface area contributed by atoms with E-state index in [4.69, 9.17) is 0 Å². The van der Waals surface area contributed by atoms with Gasteiger partial charge in [-0.2, -0.15) is 5.10 Å². The molecule has 0 aliphatic carbocycles. The maximum atomic E-state index is 12.1. The lowest BCUT2D eigenvalue weighted by atomic mass is 10.1. The van der Waals surface area contributed by atoms with Crippen molar-refractivity contribution in [2.24, 2.45) is 0 Å². The third kappa shape index (κ3) is 2.49. The fourth-order valence-corrected chi connectivity index (χ4v) is 1.84. The first kappa shape index (κ1) is 12.5. The van der Waals surface area contributed by atoms with Crippen molar-refractivity contribution in [2.75, 3.05) is 0 Å². The lowest BCUT2D eigenvalue weighted by Crippen LogP contribution is -2.23. The topological polar surface area (TPSA) is 55.1 Å². The Kier molecular flexibility index (Phi) is 3.89. The third-order valence-corrected chi connectivity index (χ3v) is 2.76. The Morgan fingerprint density at radius 1 is 1.33 bits per heavy atom. The van der Waals surface area contributed by atoms with Crippen molar-refractivity contribution in [3.05, 3.63) is 48.3 Å². The van der Waals surface area contributed by atoms with Crippen LogP contribution < -0.4 is 0 Å². The van der Waals surface area contributed by atoms with Crippen LogP contribution in [-0.2, 0) is 0 Å². The fraction of sp³-hybridized carbons (Fsp3) is 0.286. The SMILES string of the molecule is CCCC(O)C(=O)c1ccnn1-c1ccccc1. The number of nitrogens with zero attached hydrogens (tertiary/aromatic N) is 2. The number of ketones is 1. The van der Waals surface area contributed by atoms with Crippen molar-refractivity contribution >= 4 is 5.78 Å². The van der Waals surface area contributed by atoms with Gasteiger partial charge in [-0.05, 0) is 24.6 Å². The second-order valence-electron chi connectivity index (χ2n) is 4.13. The Bertz CT molecular complexity index is 520. The summed E-state index contributed by atoms with van der Waals surface area (Å²) in [7, 11) is 0. The summed E-state index contributed by atoms with van der Waals surface area (Å²) >= 11 is 0. The summed E-state index contributed by atoms with van der Waals surface area (Å²) in [5.74, 6) is -0.279. The van der Waals surface area contributed by atoms with E-state index in [2.05, 4.69) is 5.10 Å². The highest BCUT2D eigenvalue weighted by atomic mass is 16.3. The van der Waals surface area contributed by atoms with Gasteiger partial charge in [0, 0.05) is 0 Å². The van der Waals surface area contributed by atoms with Gasteiger partial charge >= 0.3 is 0 Å². The third-order valence-electron chi connectivity index (χ3n) is 2.76. The summed E-state index contributed by atoms with van der Waals surface area (Å²) in [6.45, 7) is 1.94. The lowest BCUT2D eigenvalue weighted by Gasteiger charge is -2.10. The van der Waals surface area contributed by atoms with E-state index in [1.807, 2.05) is 37.3 Å². The zero-order valence-electron chi connectivity index (χ0n) is 10.3. The van der Waals surface area contributed by atoms with Gasteiger partial charge in [0.15, 0.2) is 0 Å². The molecule has 18 heavy (non-hydrogen) atoms. The zero-order chi connectivity index (χ0) is 13.0. The number of carbonyl (C=O) groups is 1. The number of hydrogen-bond donors (Lipinski definition) is 1. The molecule has 4 heteroatoms. The van der Waals surface area contributed by atoms with E-state index in [1.54, 1.807) is 16.9 Å². The van der Waals surface area contributed by atoms with E-state index in [0.29, 0.717) is 12.1 Å². The Morgan fingerprint density at radius 3 is 2.72 bits per heavy atom. The molecule has 1 N–H and O–H groups in total. The average Bonchev–Trinajstić information content (AvgIpc) is 2.88. The van der Waals surface area contributed by atoms with E-state index in [9.17, 15) is 9.90 Å². The maximum absolute atomic E-state index is 12.1. The molecule has 0 saturated carbocycles. The highest BCUT2D eigenvalue weighted by molar-refractivity contribution is 5.98. The molecular formula is C14H16N2O2. The molecule has 1 aromatic carbocycles. The second kappa shape index (κ2) is 5.60.